The molecule has 0 aliphatic carbocycles. The fourth-order valence-corrected chi connectivity index (χ4v) is 8.56. The van der Waals surface area contributed by atoms with Gasteiger partial charge in [0.15, 0.2) is 0 Å². The number of rotatable bonds is 30. The summed E-state index contributed by atoms with van der Waals surface area (Å²) in [6, 6.07) is 28.0. The van der Waals surface area contributed by atoms with Gasteiger partial charge in [-0.3, -0.25) is 0 Å². The summed E-state index contributed by atoms with van der Waals surface area (Å²) in [5, 5.41) is 14.1. The second kappa shape index (κ2) is 26.9. The molecule has 4 N–H and O–H groups in total. The van der Waals surface area contributed by atoms with E-state index >= 15 is 0 Å². The van der Waals surface area contributed by atoms with Gasteiger partial charge in [-0.2, -0.15) is 0 Å². The van der Waals surface area contributed by atoms with E-state index in [1.54, 1.807) is 37.2 Å². The molecule has 352 valence electrons. The number of halogens is 2. The van der Waals surface area contributed by atoms with Crippen LogP contribution in [0.3, 0.4) is 0 Å². The number of furan rings is 2. The van der Waals surface area contributed by atoms with Crippen molar-refractivity contribution in [2.75, 3.05) is 50.0 Å². The predicted octanol–water partition coefficient (Wildman–Crippen LogP) is 13.3. The maximum atomic E-state index is 14.6. The summed E-state index contributed by atoms with van der Waals surface area (Å²) in [6.07, 6.45) is 13.1. The van der Waals surface area contributed by atoms with Gasteiger partial charge >= 0.3 is 8.25 Å². The van der Waals surface area contributed by atoms with Crippen molar-refractivity contribution >= 4 is 19.6 Å². The summed E-state index contributed by atoms with van der Waals surface area (Å²) in [5.41, 5.74) is 12.0. The third-order valence-electron chi connectivity index (χ3n) is 11.3. The minimum absolute atomic E-state index is 0.109. The van der Waals surface area contributed by atoms with Gasteiger partial charge in [0, 0.05) is 64.4 Å². The van der Waals surface area contributed by atoms with Crippen LogP contribution in [0.4, 0.5) is 20.2 Å². The molecule has 0 spiro atoms. The number of hydrogen-bond acceptors (Lipinski definition) is 9. The van der Waals surface area contributed by atoms with Crippen LogP contribution in [0.2, 0.25) is 0 Å². The number of aryl methyl sites for hydroxylation is 2. The zero-order valence-electron chi connectivity index (χ0n) is 39.1. The Morgan fingerprint density at radius 3 is 1.38 bits per heavy atom. The summed E-state index contributed by atoms with van der Waals surface area (Å²) in [7, 11) is -2.19. The van der Waals surface area contributed by atoms with Crippen LogP contribution in [0.1, 0.15) is 86.8 Å². The van der Waals surface area contributed by atoms with Gasteiger partial charge in [-0.05, 0) is 158 Å². The molecule has 0 saturated carbocycles. The fraction of sp³-hybridized carbons (Fsp3) is 0.407. The molecule has 0 amide bonds. The van der Waals surface area contributed by atoms with Gasteiger partial charge in [-0.15, -0.1) is 9.05 Å². The smallest absolute Gasteiger partial charge is 0.472 e. The number of hydrogen-bond donors (Lipinski definition) is 4. The van der Waals surface area contributed by atoms with Crippen LogP contribution in [0.15, 0.2) is 119 Å². The molecule has 9 nitrogen and oxygen atoms in total. The van der Waals surface area contributed by atoms with Crippen LogP contribution in [-0.2, 0) is 52.4 Å². The summed E-state index contributed by atoms with van der Waals surface area (Å²) < 4.78 is 63.2. The number of benzene rings is 4. The van der Waals surface area contributed by atoms with E-state index in [0.717, 1.165) is 119 Å². The Balaban J connectivity index is 0.831. The monoisotopic (exact) mass is 921 g/mol. The van der Waals surface area contributed by atoms with Crippen molar-refractivity contribution in [3.05, 3.63) is 155 Å². The first-order chi connectivity index (χ1) is 32.1. The normalized spacial score (nSPS) is 11.5. The molecular formula is C54H68F2N4O5P+. The predicted molar refractivity (Wildman–Crippen MR) is 264 cm³/mol. The van der Waals surface area contributed by atoms with E-state index in [4.69, 9.17) is 17.9 Å². The van der Waals surface area contributed by atoms with E-state index in [1.807, 2.05) is 36.4 Å². The lowest BCUT2D eigenvalue weighted by Crippen LogP contribution is -2.16. The highest BCUT2D eigenvalue weighted by Crippen LogP contribution is 2.32. The van der Waals surface area contributed by atoms with Crippen molar-refractivity contribution in [3.8, 4) is 22.3 Å². The second-order valence-corrected chi connectivity index (χ2v) is 18.8. The van der Waals surface area contributed by atoms with Crippen molar-refractivity contribution < 1.29 is 31.2 Å². The third-order valence-corrected chi connectivity index (χ3v) is 12.1. The SMILES string of the molecule is CC(C)Cc1ccc(CCCNc2ccc(CNCCCO[P+](=O)OCCCNCc3ccc(NCCCc4ccc(CC(C)C)c(F)c4)c(-c4ccoc4)c3)cc2-c2ccoc2)cc1F. The van der Waals surface area contributed by atoms with Gasteiger partial charge in [-0.1, -0.05) is 64.1 Å². The largest absolute Gasteiger partial charge is 0.697 e. The summed E-state index contributed by atoms with van der Waals surface area (Å²) in [6.45, 7) is 13.3. The first kappa shape index (κ1) is 50.3. The molecule has 0 radical (unpaired) electrons. The van der Waals surface area contributed by atoms with E-state index in [-0.39, 0.29) is 11.6 Å². The van der Waals surface area contributed by atoms with E-state index in [0.29, 0.717) is 64.1 Å². The minimum atomic E-state index is -2.19. The Hall–Kier alpha value is -5.16. The summed E-state index contributed by atoms with van der Waals surface area (Å²) in [4.78, 5) is 0. The molecule has 12 heteroatoms. The average Bonchev–Trinajstić information content (AvgIpc) is 4.05. The Labute approximate surface area is 391 Å². The van der Waals surface area contributed by atoms with Crippen molar-refractivity contribution in [2.45, 2.75) is 92.2 Å². The molecule has 0 aliphatic rings. The maximum Gasteiger partial charge on any atom is 0.697 e. The topological polar surface area (TPSA) is 110 Å². The van der Waals surface area contributed by atoms with Gasteiger partial charge < -0.3 is 30.1 Å². The van der Waals surface area contributed by atoms with Crippen molar-refractivity contribution in [2.24, 2.45) is 11.8 Å². The van der Waals surface area contributed by atoms with Gasteiger partial charge in [0.2, 0.25) is 0 Å². The molecule has 2 heterocycles. The maximum absolute atomic E-state index is 14.6. The number of nitrogens with one attached hydrogen (secondary N) is 4. The molecule has 0 unspecified atom stereocenters. The summed E-state index contributed by atoms with van der Waals surface area (Å²) in [5.74, 6) is 0.626. The average molecular weight is 922 g/mol. The third kappa shape index (κ3) is 16.6. The van der Waals surface area contributed by atoms with Crippen LogP contribution in [0, 0.1) is 23.5 Å². The molecule has 0 aliphatic heterocycles. The molecule has 6 rings (SSSR count). The van der Waals surface area contributed by atoms with Gasteiger partial charge in [-0.25, -0.2) is 8.78 Å². The molecule has 2 aromatic heterocycles. The Bertz CT molecular complexity index is 2210. The highest BCUT2D eigenvalue weighted by atomic mass is 31.1. The van der Waals surface area contributed by atoms with E-state index < -0.39 is 8.25 Å². The Morgan fingerprint density at radius 1 is 0.545 bits per heavy atom. The molecule has 0 fully saturated rings. The minimum Gasteiger partial charge on any atom is -0.472 e. The molecule has 66 heavy (non-hydrogen) atoms. The highest BCUT2D eigenvalue weighted by Gasteiger charge is 2.19. The fourth-order valence-electron chi connectivity index (χ4n) is 7.93. The van der Waals surface area contributed by atoms with Crippen LogP contribution in [-0.4, -0.2) is 39.4 Å². The molecule has 4 aromatic carbocycles. The molecule has 0 atom stereocenters. The van der Waals surface area contributed by atoms with Crippen LogP contribution in [0.25, 0.3) is 22.3 Å². The molecule has 0 saturated heterocycles. The Morgan fingerprint density at radius 2 is 0.985 bits per heavy atom. The first-order valence-electron chi connectivity index (χ1n) is 23.6. The Kier molecular flexibility index (Phi) is 20.4. The number of anilines is 2. The van der Waals surface area contributed by atoms with Crippen molar-refractivity contribution in [3.63, 3.8) is 0 Å². The lowest BCUT2D eigenvalue weighted by atomic mass is 9.99. The van der Waals surface area contributed by atoms with Gasteiger partial charge in [0.25, 0.3) is 0 Å². The first-order valence-corrected chi connectivity index (χ1v) is 24.7. The van der Waals surface area contributed by atoms with E-state index in [1.165, 1.54) is 0 Å². The van der Waals surface area contributed by atoms with Crippen LogP contribution >= 0.6 is 8.25 Å². The van der Waals surface area contributed by atoms with E-state index in [2.05, 4.69) is 85.4 Å². The molecular weight excluding hydrogens is 854 g/mol. The lowest BCUT2D eigenvalue weighted by Gasteiger charge is -2.14. The van der Waals surface area contributed by atoms with Gasteiger partial charge in [0.1, 0.15) is 24.8 Å². The van der Waals surface area contributed by atoms with E-state index in [9.17, 15) is 13.3 Å². The highest BCUT2D eigenvalue weighted by molar-refractivity contribution is 7.33. The van der Waals surface area contributed by atoms with Crippen molar-refractivity contribution in [1.29, 1.82) is 0 Å². The van der Waals surface area contributed by atoms with Crippen LogP contribution < -0.4 is 21.3 Å². The van der Waals surface area contributed by atoms with Crippen molar-refractivity contribution in [1.82, 2.24) is 10.6 Å². The standard InChI is InChI=1S/C54H68F2N4O5P/c1-39(2)29-45-15-11-41(33-51(45)55)9-5-23-59-53-17-13-43(31-49(53)47-19-27-62-37-47)35-57-21-7-25-64-66(61)65-26-8-22-58-36-44-14-18-54(50(32-44)48-20-28-63-38-48)60-24-6-10-42-12-16-46(30-40(3)4)52(56)34-42/h11-20,27-28,31-34,37-40,57-60H,5-10,21-26,29-30,35-36H2,1-4H3/q+1. The zero-order valence-corrected chi connectivity index (χ0v) is 40.0. The van der Waals surface area contributed by atoms with Gasteiger partial charge in [0.05, 0.1) is 25.1 Å². The molecule has 0 bridgehead atoms. The lowest BCUT2D eigenvalue weighted by molar-refractivity contribution is 0.220. The summed E-state index contributed by atoms with van der Waals surface area (Å²) >= 11 is 0. The second-order valence-electron chi connectivity index (χ2n) is 17.8. The van der Waals surface area contributed by atoms with Crippen LogP contribution in [0.5, 0.6) is 0 Å². The molecule has 6 aromatic rings. The zero-order chi connectivity index (χ0) is 46.5. The quantitative estimate of drug-likeness (QED) is 0.0259.